The normalized spacial score (nSPS) is 19.5. The summed E-state index contributed by atoms with van der Waals surface area (Å²) >= 11 is 0. The number of aliphatic hydroxyl groups excluding tert-OH is 1. The van der Waals surface area contributed by atoms with E-state index in [2.05, 4.69) is 40.7 Å². The zero-order valence-corrected chi connectivity index (χ0v) is 19.6. The predicted octanol–water partition coefficient (Wildman–Crippen LogP) is 1.32. The van der Waals surface area contributed by atoms with Crippen molar-refractivity contribution < 1.29 is 15.0 Å². The second-order valence-corrected chi connectivity index (χ2v) is 8.94. The largest absolute Gasteiger partial charge is 0.481 e. The molecule has 5 rings (SSSR count). The smallest absolute Gasteiger partial charge is 0.308 e. The van der Waals surface area contributed by atoms with Crippen molar-refractivity contribution >= 4 is 40.3 Å². The van der Waals surface area contributed by atoms with Crippen LogP contribution in [0, 0.1) is 5.92 Å². The van der Waals surface area contributed by atoms with Gasteiger partial charge >= 0.3 is 5.97 Å². The van der Waals surface area contributed by atoms with E-state index in [1.807, 2.05) is 17.0 Å². The molecule has 0 spiro atoms. The molecule has 2 unspecified atom stereocenters. The lowest BCUT2D eigenvalue weighted by atomic mass is 9.98. The number of nitrogens with one attached hydrogen (secondary N) is 2. The average molecular weight is 480 g/mol. The minimum absolute atomic E-state index is 0.335. The number of hydrogen-bond acceptors (Lipinski definition) is 11. The molecule has 2 aliphatic heterocycles. The number of anilines is 4. The van der Waals surface area contributed by atoms with Crippen molar-refractivity contribution in [2.75, 3.05) is 54.4 Å². The first-order valence-corrected chi connectivity index (χ1v) is 11.9. The molecule has 2 atom stereocenters. The molecule has 5 heterocycles. The maximum Gasteiger partial charge on any atom is 0.308 e. The highest BCUT2D eigenvalue weighted by atomic mass is 16.4. The lowest BCUT2D eigenvalue weighted by Crippen LogP contribution is -2.43. The van der Waals surface area contributed by atoms with E-state index in [1.54, 1.807) is 19.2 Å². The molecule has 0 aliphatic carbocycles. The maximum atomic E-state index is 11.6. The third kappa shape index (κ3) is 5.08. The maximum absolute atomic E-state index is 11.6. The summed E-state index contributed by atoms with van der Waals surface area (Å²) in [5.74, 6) is 0.940. The number of fused-ring (bicyclic) bond motifs is 1. The summed E-state index contributed by atoms with van der Waals surface area (Å²) in [4.78, 5) is 29.5. The van der Waals surface area contributed by atoms with Gasteiger partial charge in [0.1, 0.15) is 5.52 Å². The van der Waals surface area contributed by atoms with Crippen molar-refractivity contribution in [1.29, 1.82) is 0 Å². The number of carboxylic acids is 1. The first kappa shape index (κ1) is 23.1. The van der Waals surface area contributed by atoms with Crippen LogP contribution in [0.15, 0.2) is 24.4 Å². The van der Waals surface area contributed by atoms with Gasteiger partial charge in [0.05, 0.1) is 17.7 Å². The second-order valence-electron chi connectivity index (χ2n) is 8.94. The molecule has 0 bridgehead atoms. The molecule has 0 aromatic carbocycles. The summed E-state index contributed by atoms with van der Waals surface area (Å²) < 4.78 is 0. The number of pyridine rings is 1. The van der Waals surface area contributed by atoms with Gasteiger partial charge in [-0.15, -0.1) is 10.2 Å². The van der Waals surface area contributed by atoms with Gasteiger partial charge < -0.3 is 30.6 Å². The molecule has 0 amide bonds. The van der Waals surface area contributed by atoms with Crippen LogP contribution in [0.3, 0.4) is 0 Å². The van der Waals surface area contributed by atoms with E-state index in [4.69, 9.17) is 0 Å². The Morgan fingerprint density at radius 2 is 2.00 bits per heavy atom. The lowest BCUT2D eigenvalue weighted by Gasteiger charge is -2.32. The highest BCUT2D eigenvalue weighted by molar-refractivity contribution is 5.90. The summed E-state index contributed by atoms with van der Waals surface area (Å²) in [6.07, 6.45) is 2.26. The van der Waals surface area contributed by atoms with Crippen molar-refractivity contribution in [2.45, 2.75) is 25.9 Å². The van der Waals surface area contributed by atoms with Crippen LogP contribution in [0.25, 0.3) is 10.9 Å². The average Bonchev–Trinajstić information content (AvgIpc) is 2.89. The van der Waals surface area contributed by atoms with E-state index in [9.17, 15) is 15.0 Å². The van der Waals surface area contributed by atoms with Gasteiger partial charge in [0, 0.05) is 50.9 Å². The van der Waals surface area contributed by atoms with Gasteiger partial charge in [-0.25, -0.2) is 15.0 Å². The predicted molar refractivity (Wildman–Crippen MR) is 131 cm³/mol. The minimum atomic E-state index is -0.814. The van der Waals surface area contributed by atoms with E-state index < -0.39 is 18.0 Å². The monoisotopic (exact) mass is 479 g/mol. The summed E-state index contributed by atoms with van der Waals surface area (Å²) in [5, 5.41) is 35.4. The quantitative estimate of drug-likeness (QED) is 0.403. The molecular weight excluding hydrogens is 450 g/mol. The fraction of sp³-hybridized carbons (Fsp3) is 0.478. The highest BCUT2D eigenvalue weighted by Gasteiger charge is 2.28. The van der Waals surface area contributed by atoms with Gasteiger partial charge in [-0.3, -0.25) is 4.79 Å². The molecular formula is C23H29N9O3. The van der Waals surface area contributed by atoms with Gasteiger partial charge in [-0.05, 0) is 38.0 Å². The van der Waals surface area contributed by atoms with E-state index >= 15 is 0 Å². The van der Waals surface area contributed by atoms with Crippen molar-refractivity contribution in [3.8, 4) is 0 Å². The molecule has 184 valence electrons. The van der Waals surface area contributed by atoms with Crippen LogP contribution in [-0.4, -0.2) is 80.6 Å². The molecule has 0 saturated carbocycles. The number of aliphatic hydroxyl groups is 1. The van der Waals surface area contributed by atoms with Crippen molar-refractivity contribution in [1.82, 2.24) is 30.5 Å². The fourth-order valence-electron chi connectivity index (χ4n) is 4.48. The summed E-state index contributed by atoms with van der Waals surface area (Å²) in [5.41, 5.74) is 1.08. The summed E-state index contributed by atoms with van der Waals surface area (Å²) in [6.45, 7) is 6.27. The third-order valence-corrected chi connectivity index (χ3v) is 6.40. The molecule has 12 heteroatoms. The molecule has 35 heavy (non-hydrogen) atoms. The number of hydrogen-bond donors (Lipinski definition) is 4. The fourth-order valence-corrected chi connectivity index (χ4v) is 4.48. The van der Waals surface area contributed by atoms with Crippen LogP contribution >= 0.6 is 0 Å². The van der Waals surface area contributed by atoms with Crippen LogP contribution < -0.4 is 20.4 Å². The zero-order valence-electron chi connectivity index (χ0n) is 19.6. The van der Waals surface area contributed by atoms with Crippen LogP contribution in [0.1, 0.15) is 31.6 Å². The Hall–Kier alpha value is -3.64. The van der Waals surface area contributed by atoms with E-state index in [-0.39, 0.29) is 0 Å². The molecule has 3 aromatic heterocycles. The minimum Gasteiger partial charge on any atom is -0.481 e. The highest BCUT2D eigenvalue weighted by Crippen LogP contribution is 2.30. The van der Waals surface area contributed by atoms with E-state index in [0.717, 1.165) is 38.4 Å². The van der Waals surface area contributed by atoms with Crippen LogP contribution in [0.2, 0.25) is 0 Å². The molecule has 4 N–H and O–H groups in total. The Labute approximate surface area is 202 Å². The Kier molecular flexibility index (Phi) is 6.55. The van der Waals surface area contributed by atoms with Crippen LogP contribution in [0.4, 0.5) is 23.4 Å². The molecule has 2 fully saturated rings. The molecule has 2 aliphatic rings. The number of rotatable bonds is 6. The summed E-state index contributed by atoms with van der Waals surface area (Å²) in [7, 11) is 0. The van der Waals surface area contributed by atoms with Gasteiger partial charge in [0.2, 0.25) is 5.95 Å². The van der Waals surface area contributed by atoms with Gasteiger partial charge in [-0.1, -0.05) is 0 Å². The first-order valence-electron chi connectivity index (χ1n) is 11.9. The van der Waals surface area contributed by atoms with Gasteiger partial charge in [-0.2, -0.15) is 0 Å². The van der Waals surface area contributed by atoms with Crippen molar-refractivity contribution in [2.24, 2.45) is 5.92 Å². The third-order valence-electron chi connectivity index (χ3n) is 6.40. The number of aromatic nitrogens is 5. The SMILES string of the molecule is CC(O)c1cc2cnc(Nc3ccc(N4CCNCC4)nn3)nc2c(N2CCCC(C(=O)O)C2)n1. The second kappa shape index (κ2) is 9.92. The first-order chi connectivity index (χ1) is 17.0. The number of nitrogens with zero attached hydrogens (tertiary/aromatic N) is 7. The molecule has 12 nitrogen and oxygen atoms in total. The van der Waals surface area contributed by atoms with Crippen molar-refractivity contribution in [3.05, 3.63) is 30.1 Å². The van der Waals surface area contributed by atoms with E-state index in [0.29, 0.717) is 53.7 Å². The number of carbonyl (C=O) groups is 1. The topological polar surface area (TPSA) is 153 Å². The van der Waals surface area contributed by atoms with Crippen molar-refractivity contribution in [3.63, 3.8) is 0 Å². The molecule has 0 radical (unpaired) electrons. The van der Waals surface area contributed by atoms with Gasteiger partial charge in [0.15, 0.2) is 17.5 Å². The molecule has 3 aromatic rings. The standard InChI is InChI=1S/C23H29N9O3/c1-14(33)17-11-16-12-25-23(27-18-4-5-19(30-29-18)31-9-6-24-7-10-31)28-20(16)21(26-17)32-8-2-3-15(13-32)22(34)35/h4-5,11-12,14-15,24,33H,2-3,6-10,13H2,1H3,(H,34,35)(H,25,27,28,29). The van der Waals surface area contributed by atoms with E-state index in [1.165, 1.54) is 0 Å². The Bertz CT molecular complexity index is 1200. The zero-order chi connectivity index (χ0) is 24.4. The van der Waals surface area contributed by atoms with Crippen LogP contribution in [-0.2, 0) is 4.79 Å². The number of aliphatic carboxylic acids is 1. The Morgan fingerprint density at radius 3 is 2.71 bits per heavy atom. The van der Waals surface area contributed by atoms with Gasteiger partial charge in [0.25, 0.3) is 0 Å². The Morgan fingerprint density at radius 1 is 1.17 bits per heavy atom. The number of carboxylic acid groups (broad SMARTS) is 1. The van der Waals surface area contributed by atoms with Crippen LogP contribution in [0.5, 0.6) is 0 Å². The Balaban J connectivity index is 1.43. The number of piperidine rings is 1. The molecule has 2 saturated heterocycles. The summed E-state index contributed by atoms with van der Waals surface area (Å²) in [6, 6.07) is 5.52. The lowest BCUT2D eigenvalue weighted by molar-refractivity contribution is -0.141. The number of piperazine rings is 1.